The molecule has 25 heavy (non-hydrogen) atoms. The first-order chi connectivity index (χ1) is 11.7. The molecule has 0 aliphatic heterocycles. The van der Waals surface area contributed by atoms with Gasteiger partial charge in [-0.05, 0) is 41.8 Å². The molecular formula is C18H19NO5S. The van der Waals surface area contributed by atoms with Crippen molar-refractivity contribution < 1.29 is 23.1 Å². The monoisotopic (exact) mass is 361 g/mol. The molecule has 2 aromatic rings. The molecule has 0 aliphatic carbocycles. The summed E-state index contributed by atoms with van der Waals surface area (Å²) in [5.74, 6) is -1.37. The van der Waals surface area contributed by atoms with Gasteiger partial charge in [0.15, 0.2) is 9.84 Å². The van der Waals surface area contributed by atoms with Crippen LogP contribution in [-0.2, 0) is 22.0 Å². The summed E-state index contributed by atoms with van der Waals surface area (Å²) in [7, 11) is -3.16. The van der Waals surface area contributed by atoms with Gasteiger partial charge in [-0.25, -0.2) is 13.2 Å². The number of rotatable bonds is 7. The SMILES string of the molecule is CS(=O)(=O)Cc1cccc(C(=O)NCCc2ccc(C(=O)O)cc2)c1. The second kappa shape index (κ2) is 7.94. The van der Waals surface area contributed by atoms with Crippen LogP contribution in [0.25, 0.3) is 0 Å². The topological polar surface area (TPSA) is 101 Å². The Balaban J connectivity index is 1.92. The first-order valence-electron chi connectivity index (χ1n) is 7.62. The van der Waals surface area contributed by atoms with Gasteiger partial charge < -0.3 is 10.4 Å². The third kappa shape index (κ3) is 6.04. The second-order valence-corrected chi connectivity index (χ2v) is 7.92. The summed E-state index contributed by atoms with van der Waals surface area (Å²) in [4.78, 5) is 22.9. The van der Waals surface area contributed by atoms with Crippen molar-refractivity contribution in [2.45, 2.75) is 12.2 Å². The van der Waals surface area contributed by atoms with Gasteiger partial charge in [-0.15, -0.1) is 0 Å². The molecule has 0 spiro atoms. The minimum atomic E-state index is -3.16. The average molecular weight is 361 g/mol. The fraction of sp³-hybridized carbons (Fsp3) is 0.222. The van der Waals surface area contributed by atoms with Crippen LogP contribution in [-0.4, -0.2) is 38.2 Å². The molecule has 6 nitrogen and oxygen atoms in total. The Morgan fingerprint density at radius 1 is 1.00 bits per heavy atom. The summed E-state index contributed by atoms with van der Waals surface area (Å²) < 4.78 is 22.7. The smallest absolute Gasteiger partial charge is 0.335 e. The largest absolute Gasteiger partial charge is 0.478 e. The highest BCUT2D eigenvalue weighted by molar-refractivity contribution is 7.89. The number of carbonyl (C=O) groups excluding carboxylic acids is 1. The minimum Gasteiger partial charge on any atom is -0.478 e. The number of aromatic carboxylic acids is 1. The molecule has 0 aromatic heterocycles. The highest BCUT2D eigenvalue weighted by Gasteiger charge is 2.09. The van der Waals surface area contributed by atoms with Crippen molar-refractivity contribution in [1.82, 2.24) is 5.32 Å². The van der Waals surface area contributed by atoms with Crippen molar-refractivity contribution in [2.24, 2.45) is 0 Å². The van der Waals surface area contributed by atoms with Crippen LogP contribution in [0.2, 0.25) is 0 Å². The first kappa shape index (κ1) is 18.7. The number of carboxylic acid groups (broad SMARTS) is 1. The lowest BCUT2D eigenvalue weighted by atomic mass is 10.1. The van der Waals surface area contributed by atoms with Crippen molar-refractivity contribution >= 4 is 21.7 Å². The van der Waals surface area contributed by atoms with E-state index in [2.05, 4.69) is 5.32 Å². The van der Waals surface area contributed by atoms with E-state index in [1.807, 2.05) is 0 Å². The fourth-order valence-electron chi connectivity index (χ4n) is 2.34. The quantitative estimate of drug-likeness (QED) is 0.784. The third-order valence-electron chi connectivity index (χ3n) is 3.52. The molecule has 2 aromatic carbocycles. The molecule has 0 aliphatic rings. The molecule has 7 heteroatoms. The van der Waals surface area contributed by atoms with Crippen LogP contribution < -0.4 is 5.32 Å². The van der Waals surface area contributed by atoms with E-state index in [0.29, 0.717) is 24.1 Å². The maximum absolute atomic E-state index is 12.2. The van der Waals surface area contributed by atoms with Gasteiger partial charge in [0.2, 0.25) is 0 Å². The molecule has 0 atom stereocenters. The van der Waals surface area contributed by atoms with Gasteiger partial charge in [0.1, 0.15) is 0 Å². The van der Waals surface area contributed by atoms with Gasteiger partial charge in [-0.2, -0.15) is 0 Å². The molecule has 1 amide bonds. The predicted octanol–water partition coefficient (Wildman–Crippen LogP) is 1.90. The van der Waals surface area contributed by atoms with Crippen LogP contribution >= 0.6 is 0 Å². The van der Waals surface area contributed by atoms with Crippen LogP contribution in [0.4, 0.5) is 0 Å². The Morgan fingerprint density at radius 2 is 1.68 bits per heavy atom. The molecular weight excluding hydrogens is 342 g/mol. The summed E-state index contributed by atoms with van der Waals surface area (Å²) in [5, 5.41) is 11.6. The lowest BCUT2D eigenvalue weighted by molar-refractivity contribution is 0.0696. The summed E-state index contributed by atoms with van der Waals surface area (Å²) >= 11 is 0. The van der Waals surface area contributed by atoms with Crippen LogP contribution in [0.15, 0.2) is 48.5 Å². The zero-order chi connectivity index (χ0) is 18.4. The van der Waals surface area contributed by atoms with Gasteiger partial charge in [0, 0.05) is 18.4 Å². The summed E-state index contributed by atoms with van der Waals surface area (Å²) in [5.41, 5.74) is 2.10. The number of amides is 1. The van der Waals surface area contributed by atoms with Crippen molar-refractivity contribution in [2.75, 3.05) is 12.8 Å². The van der Waals surface area contributed by atoms with Crippen molar-refractivity contribution in [3.8, 4) is 0 Å². The zero-order valence-electron chi connectivity index (χ0n) is 13.7. The predicted molar refractivity (Wildman–Crippen MR) is 94.4 cm³/mol. The van der Waals surface area contributed by atoms with E-state index >= 15 is 0 Å². The summed E-state index contributed by atoms with van der Waals surface area (Å²) in [6, 6.07) is 13.0. The maximum Gasteiger partial charge on any atom is 0.335 e. The number of nitrogens with one attached hydrogen (secondary N) is 1. The Labute approximate surface area is 146 Å². The maximum atomic E-state index is 12.2. The Morgan fingerprint density at radius 3 is 2.28 bits per heavy atom. The Bertz CT molecular complexity index is 873. The van der Waals surface area contributed by atoms with Crippen LogP contribution in [0.1, 0.15) is 31.8 Å². The van der Waals surface area contributed by atoms with E-state index in [0.717, 1.165) is 11.8 Å². The molecule has 132 valence electrons. The Kier molecular flexibility index (Phi) is 5.93. The molecule has 2 N–H and O–H groups in total. The van der Waals surface area contributed by atoms with Gasteiger partial charge in [0.25, 0.3) is 5.91 Å². The van der Waals surface area contributed by atoms with Crippen molar-refractivity contribution in [3.63, 3.8) is 0 Å². The standard InChI is InChI=1S/C18H19NO5S/c1-25(23,24)12-14-3-2-4-16(11-14)17(20)19-10-9-13-5-7-15(8-6-13)18(21)22/h2-8,11H,9-10,12H2,1H3,(H,19,20)(H,21,22). The van der Waals surface area contributed by atoms with E-state index < -0.39 is 15.8 Å². The molecule has 0 heterocycles. The highest BCUT2D eigenvalue weighted by atomic mass is 32.2. The number of carbonyl (C=O) groups is 2. The van der Waals surface area contributed by atoms with Crippen LogP contribution in [0.3, 0.4) is 0 Å². The molecule has 0 fully saturated rings. The molecule has 0 bridgehead atoms. The molecule has 0 saturated heterocycles. The molecule has 0 saturated carbocycles. The lowest BCUT2D eigenvalue weighted by Crippen LogP contribution is -2.25. The first-order valence-corrected chi connectivity index (χ1v) is 9.68. The van der Waals surface area contributed by atoms with Crippen LogP contribution in [0, 0.1) is 0 Å². The number of hydrogen-bond acceptors (Lipinski definition) is 4. The van der Waals surface area contributed by atoms with Gasteiger partial charge in [-0.1, -0.05) is 24.3 Å². The van der Waals surface area contributed by atoms with E-state index in [9.17, 15) is 18.0 Å². The van der Waals surface area contributed by atoms with Crippen molar-refractivity contribution in [1.29, 1.82) is 0 Å². The van der Waals surface area contributed by atoms with Gasteiger partial charge >= 0.3 is 5.97 Å². The van der Waals surface area contributed by atoms with E-state index in [1.54, 1.807) is 36.4 Å². The highest BCUT2D eigenvalue weighted by Crippen LogP contribution is 2.09. The number of carboxylic acids is 1. The minimum absolute atomic E-state index is 0.107. The number of sulfone groups is 1. The summed E-state index contributed by atoms with van der Waals surface area (Å²) in [6.07, 6.45) is 1.71. The van der Waals surface area contributed by atoms with Gasteiger partial charge in [0.05, 0.1) is 11.3 Å². The number of hydrogen-bond donors (Lipinski definition) is 2. The number of benzene rings is 2. The molecule has 2 rings (SSSR count). The second-order valence-electron chi connectivity index (χ2n) is 5.78. The Hall–Kier alpha value is -2.67. The lowest BCUT2D eigenvalue weighted by Gasteiger charge is -2.07. The van der Waals surface area contributed by atoms with Crippen LogP contribution in [0.5, 0.6) is 0 Å². The molecule has 0 radical (unpaired) electrons. The molecule has 0 unspecified atom stereocenters. The third-order valence-corrected chi connectivity index (χ3v) is 4.38. The zero-order valence-corrected chi connectivity index (χ0v) is 14.5. The van der Waals surface area contributed by atoms with E-state index in [4.69, 9.17) is 5.11 Å². The van der Waals surface area contributed by atoms with Gasteiger partial charge in [-0.3, -0.25) is 4.79 Å². The fourth-order valence-corrected chi connectivity index (χ4v) is 3.13. The van der Waals surface area contributed by atoms with E-state index in [1.165, 1.54) is 12.1 Å². The summed E-state index contributed by atoms with van der Waals surface area (Å²) in [6.45, 7) is 0.390. The normalized spacial score (nSPS) is 11.1. The van der Waals surface area contributed by atoms with Crippen molar-refractivity contribution in [3.05, 3.63) is 70.8 Å². The van der Waals surface area contributed by atoms with E-state index in [-0.39, 0.29) is 17.2 Å². The average Bonchev–Trinajstić information content (AvgIpc) is 2.54.